The van der Waals surface area contributed by atoms with Crippen molar-refractivity contribution >= 4 is 17.4 Å². The number of benzene rings is 1. The zero-order valence-electron chi connectivity index (χ0n) is 11.9. The van der Waals surface area contributed by atoms with Crippen LogP contribution in [0.1, 0.15) is 56.4 Å². The molecule has 1 aromatic carbocycles. The van der Waals surface area contributed by atoms with E-state index in [2.05, 4.69) is 6.07 Å². The van der Waals surface area contributed by atoms with E-state index < -0.39 is 11.7 Å². The Morgan fingerprint density at radius 1 is 1.24 bits per heavy atom. The number of nitrogens with zero attached hydrogens (tertiary/aromatic N) is 1. The van der Waals surface area contributed by atoms with Gasteiger partial charge in [0, 0.05) is 10.9 Å². The van der Waals surface area contributed by atoms with E-state index in [1.165, 1.54) is 18.6 Å². The maximum absolute atomic E-state index is 13.1. The molecule has 1 atom stereocenters. The van der Waals surface area contributed by atoms with Gasteiger partial charge in [0.2, 0.25) is 0 Å². The second-order valence-corrected chi connectivity index (χ2v) is 6.08. The highest BCUT2D eigenvalue weighted by atomic mass is 35.5. The first-order chi connectivity index (χ1) is 10.1. The van der Waals surface area contributed by atoms with Gasteiger partial charge < -0.3 is 0 Å². The number of carbonyl (C=O) groups excluding carboxylic acids is 1. The van der Waals surface area contributed by atoms with Crippen LogP contribution < -0.4 is 0 Å². The number of Topliss-reactive ketones (excluding diaryl/α,β-unsaturated/α-hetero) is 1. The van der Waals surface area contributed by atoms with Gasteiger partial charge >= 0.3 is 0 Å². The summed E-state index contributed by atoms with van der Waals surface area (Å²) in [5, 5.41) is 9.53. The van der Waals surface area contributed by atoms with E-state index in [1.54, 1.807) is 0 Å². The molecular formula is C17H19ClFNO. The summed E-state index contributed by atoms with van der Waals surface area (Å²) in [4.78, 5) is 12.7. The number of nitriles is 1. The van der Waals surface area contributed by atoms with Crippen molar-refractivity contribution in [2.24, 2.45) is 5.92 Å². The Morgan fingerprint density at radius 3 is 2.43 bits per heavy atom. The molecule has 4 heteroatoms. The fourth-order valence-electron chi connectivity index (χ4n) is 3.00. The Labute approximate surface area is 129 Å². The SMILES string of the molecule is N#CC(C(=O)C1CCCCCCC1)c1ccc(F)cc1Cl. The van der Waals surface area contributed by atoms with Gasteiger partial charge in [-0.25, -0.2) is 4.39 Å². The van der Waals surface area contributed by atoms with Crippen LogP contribution in [0.4, 0.5) is 4.39 Å². The molecule has 0 spiro atoms. The predicted molar refractivity (Wildman–Crippen MR) is 80.6 cm³/mol. The quantitative estimate of drug-likeness (QED) is 0.787. The van der Waals surface area contributed by atoms with Crippen molar-refractivity contribution in [3.8, 4) is 6.07 Å². The smallest absolute Gasteiger partial charge is 0.157 e. The molecule has 0 amide bonds. The number of hydrogen-bond acceptors (Lipinski definition) is 2. The van der Waals surface area contributed by atoms with Gasteiger partial charge in [0.1, 0.15) is 11.7 Å². The third kappa shape index (κ3) is 4.04. The largest absolute Gasteiger partial charge is 0.298 e. The Balaban J connectivity index is 2.19. The van der Waals surface area contributed by atoms with Gasteiger partial charge in [0.25, 0.3) is 0 Å². The minimum atomic E-state index is -0.887. The fraction of sp³-hybridized carbons (Fsp3) is 0.529. The van der Waals surface area contributed by atoms with Crippen LogP contribution in [0, 0.1) is 23.1 Å². The van der Waals surface area contributed by atoms with Gasteiger partial charge in [0.05, 0.1) is 6.07 Å². The summed E-state index contributed by atoms with van der Waals surface area (Å²) in [6.45, 7) is 0. The zero-order chi connectivity index (χ0) is 15.2. The highest BCUT2D eigenvalue weighted by Crippen LogP contribution is 2.32. The van der Waals surface area contributed by atoms with Crippen molar-refractivity contribution < 1.29 is 9.18 Å². The average molecular weight is 308 g/mol. The summed E-state index contributed by atoms with van der Waals surface area (Å²) in [5.74, 6) is -1.48. The van der Waals surface area contributed by atoms with Gasteiger partial charge in [-0.1, -0.05) is 49.8 Å². The van der Waals surface area contributed by atoms with E-state index in [0.29, 0.717) is 5.56 Å². The zero-order valence-corrected chi connectivity index (χ0v) is 12.7. The second kappa shape index (κ2) is 7.56. The first-order valence-corrected chi connectivity index (χ1v) is 7.89. The number of hydrogen-bond donors (Lipinski definition) is 0. The Hall–Kier alpha value is -1.40. The van der Waals surface area contributed by atoms with Crippen LogP contribution in [0.3, 0.4) is 0 Å². The van der Waals surface area contributed by atoms with Crippen LogP contribution in [0.25, 0.3) is 0 Å². The number of halogens is 2. The summed E-state index contributed by atoms with van der Waals surface area (Å²) in [7, 11) is 0. The summed E-state index contributed by atoms with van der Waals surface area (Å²) >= 11 is 6.00. The molecule has 0 radical (unpaired) electrons. The van der Waals surface area contributed by atoms with Crippen LogP contribution in [0.15, 0.2) is 18.2 Å². The van der Waals surface area contributed by atoms with E-state index in [4.69, 9.17) is 11.6 Å². The monoisotopic (exact) mass is 307 g/mol. The molecule has 1 saturated carbocycles. The first kappa shape index (κ1) is 16.0. The maximum atomic E-state index is 13.1. The lowest BCUT2D eigenvalue weighted by Gasteiger charge is -2.21. The lowest BCUT2D eigenvalue weighted by molar-refractivity contribution is -0.123. The molecule has 1 unspecified atom stereocenters. The molecule has 21 heavy (non-hydrogen) atoms. The molecule has 0 aliphatic heterocycles. The molecular weight excluding hydrogens is 289 g/mol. The third-order valence-corrected chi connectivity index (χ3v) is 4.52. The Bertz CT molecular complexity index is 544. The molecule has 0 saturated heterocycles. The van der Waals surface area contributed by atoms with Crippen molar-refractivity contribution in [2.75, 3.05) is 0 Å². The molecule has 2 rings (SSSR count). The van der Waals surface area contributed by atoms with Crippen LogP contribution in [0.2, 0.25) is 5.02 Å². The van der Waals surface area contributed by atoms with Crippen molar-refractivity contribution in [1.29, 1.82) is 5.26 Å². The molecule has 2 nitrogen and oxygen atoms in total. The molecule has 1 aromatic rings. The van der Waals surface area contributed by atoms with Gasteiger partial charge in [-0.3, -0.25) is 4.79 Å². The Morgan fingerprint density at radius 2 is 1.86 bits per heavy atom. The molecule has 0 aromatic heterocycles. The summed E-state index contributed by atoms with van der Waals surface area (Å²) < 4.78 is 13.1. The maximum Gasteiger partial charge on any atom is 0.157 e. The number of rotatable bonds is 3. The summed E-state index contributed by atoms with van der Waals surface area (Å²) in [6.07, 6.45) is 7.28. The van der Waals surface area contributed by atoms with Gasteiger partial charge in [-0.05, 0) is 30.5 Å². The lowest BCUT2D eigenvalue weighted by atomic mass is 9.81. The minimum absolute atomic E-state index is 0.0621. The molecule has 0 bridgehead atoms. The predicted octanol–water partition coefficient (Wildman–Crippen LogP) is 5.02. The lowest BCUT2D eigenvalue weighted by Crippen LogP contribution is -2.22. The fourth-order valence-corrected chi connectivity index (χ4v) is 3.27. The van der Waals surface area contributed by atoms with Crippen molar-refractivity contribution in [3.05, 3.63) is 34.6 Å². The molecule has 0 heterocycles. The van der Waals surface area contributed by atoms with Crippen LogP contribution in [0.5, 0.6) is 0 Å². The number of ketones is 1. The molecule has 1 aliphatic rings. The molecule has 1 fully saturated rings. The van der Waals surface area contributed by atoms with Crippen molar-refractivity contribution in [3.63, 3.8) is 0 Å². The van der Waals surface area contributed by atoms with E-state index >= 15 is 0 Å². The highest BCUT2D eigenvalue weighted by molar-refractivity contribution is 6.31. The first-order valence-electron chi connectivity index (χ1n) is 7.51. The van der Waals surface area contributed by atoms with E-state index in [0.717, 1.165) is 44.6 Å². The van der Waals surface area contributed by atoms with Crippen LogP contribution >= 0.6 is 11.6 Å². The second-order valence-electron chi connectivity index (χ2n) is 5.67. The van der Waals surface area contributed by atoms with Crippen molar-refractivity contribution in [2.45, 2.75) is 50.9 Å². The minimum Gasteiger partial charge on any atom is -0.298 e. The van der Waals surface area contributed by atoms with Gasteiger partial charge in [-0.2, -0.15) is 5.26 Å². The van der Waals surface area contributed by atoms with E-state index in [9.17, 15) is 14.4 Å². The van der Waals surface area contributed by atoms with E-state index in [1.807, 2.05) is 0 Å². The van der Waals surface area contributed by atoms with Crippen LogP contribution in [-0.2, 0) is 4.79 Å². The normalized spacial score (nSPS) is 18.3. The highest BCUT2D eigenvalue weighted by Gasteiger charge is 2.29. The average Bonchev–Trinajstić information content (AvgIpc) is 2.41. The van der Waals surface area contributed by atoms with Gasteiger partial charge in [-0.15, -0.1) is 0 Å². The molecule has 112 valence electrons. The van der Waals surface area contributed by atoms with Crippen LogP contribution in [-0.4, -0.2) is 5.78 Å². The molecule has 1 aliphatic carbocycles. The third-order valence-electron chi connectivity index (χ3n) is 4.19. The number of carbonyl (C=O) groups is 1. The van der Waals surface area contributed by atoms with E-state index in [-0.39, 0.29) is 16.7 Å². The topological polar surface area (TPSA) is 40.9 Å². The van der Waals surface area contributed by atoms with Gasteiger partial charge in [0.15, 0.2) is 5.78 Å². The Kier molecular flexibility index (Phi) is 5.76. The summed E-state index contributed by atoms with van der Waals surface area (Å²) in [6, 6.07) is 5.91. The standard InChI is InChI=1S/C17H19ClFNO/c18-16-10-13(19)8-9-14(16)15(11-20)17(21)12-6-4-2-1-3-5-7-12/h8-10,12,15H,1-7H2. The molecule has 0 N–H and O–H groups in total. The van der Waals surface area contributed by atoms with Crippen molar-refractivity contribution in [1.82, 2.24) is 0 Å². The summed E-state index contributed by atoms with van der Waals surface area (Å²) in [5.41, 5.74) is 0.424.